The van der Waals surface area contributed by atoms with Crippen LogP contribution in [0.1, 0.15) is 16.8 Å². The quantitative estimate of drug-likeness (QED) is 0.537. The first-order chi connectivity index (χ1) is 14.2. The maximum Gasteiger partial charge on any atom is 0.344 e. The highest BCUT2D eigenvalue weighted by atomic mass is 35.5. The molecule has 1 N–H and O–H groups in total. The molecule has 6 nitrogen and oxygen atoms in total. The standard InChI is InChI=1S/C22H20Cl2N2O4/c1-12-6-13(2)8-15(7-12)26-19(27)10-29-20(28)11-30-22-18(24)9-17(23)16-5-4-14(3)25-21(16)22/h4-9H,10-11H2,1-3H3,(H,26,27). The summed E-state index contributed by atoms with van der Waals surface area (Å²) >= 11 is 12.4. The van der Waals surface area contributed by atoms with Gasteiger partial charge in [-0.15, -0.1) is 0 Å². The monoisotopic (exact) mass is 446 g/mol. The lowest BCUT2D eigenvalue weighted by Gasteiger charge is -2.12. The van der Waals surface area contributed by atoms with Crippen molar-refractivity contribution in [1.29, 1.82) is 0 Å². The molecular formula is C22H20Cl2N2O4. The van der Waals surface area contributed by atoms with E-state index >= 15 is 0 Å². The Morgan fingerprint density at radius 3 is 2.37 bits per heavy atom. The van der Waals surface area contributed by atoms with Gasteiger partial charge in [0, 0.05) is 16.8 Å². The average Bonchev–Trinajstić information content (AvgIpc) is 2.65. The van der Waals surface area contributed by atoms with Crippen molar-refractivity contribution < 1.29 is 19.1 Å². The average molecular weight is 447 g/mol. The highest BCUT2D eigenvalue weighted by molar-refractivity contribution is 6.39. The number of aromatic nitrogens is 1. The Kier molecular flexibility index (Phi) is 6.80. The van der Waals surface area contributed by atoms with E-state index in [1.807, 2.05) is 45.0 Å². The predicted molar refractivity (Wildman–Crippen MR) is 117 cm³/mol. The molecule has 0 atom stereocenters. The number of amides is 1. The zero-order valence-corrected chi connectivity index (χ0v) is 18.2. The Morgan fingerprint density at radius 2 is 1.67 bits per heavy atom. The molecular weight excluding hydrogens is 427 g/mol. The first-order valence-corrected chi connectivity index (χ1v) is 9.90. The van der Waals surface area contributed by atoms with Crippen molar-refractivity contribution in [3.05, 3.63) is 63.3 Å². The number of rotatable bonds is 6. The normalized spacial score (nSPS) is 10.7. The fourth-order valence-corrected chi connectivity index (χ4v) is 3.56. The lowest BCUT2D eigenvalue weighted by atomic mass is 10.1. The Morgan fingerprint density at radius 1 is 0.967 bits per heavy atom. The second-order valence-electron chi connectivity index (χ2n) is 6.89. The Bertz CT molecular complexity index is 1110. The maximum atomic E-state index is 12.0. The zero-order chi connectivity index (χ0) is 21.8. The summed E-state index contributed by atoms with van der Waals surface area (Å²) in [6.45, 7) is 4.83. The van der Waals surface area contributed by atoms with Crippen LogP contribution in [0.3, 0.4) is 0 Å². The number of hydrogen-bond acceptors (Lipinski definition) is 5. The molecule has 0 aliphatic heterocycles. The number of nitrogens with one attached hydrogen (secondary N) is 1. The van der Waals surface area contributed by atoms with Gasteiger partial charge >= 0.3 is 5.97 Å². The second-order valence-corrected chi connectivity index (χ2v) is 7.71. The largest absolute Gasteiger partial charge is 0.478 e. The molecule has 8 heteroatoms. The number of fused-ring (bicyclic) bond motifs is 1. The summed E-state index contributed by atoms with van der Waals surface area (Å²) in [6, 6.07) is 10.8. The van der Waals surface area contributed by atoms with Crippen LogP contribution in [0.15, 0.2) is 36.4 Å². The summed E-state index contributed by atoms with van der Waals surface area (Å²) < 4.78 is 10.5. The van der Waals surface area contributed by atoms with Crippen molar-refractivity contribution in [2.45, 2.75) is 20.8 Å². The van der Waals surface area contributed by atoms with Crippen LogP contribution in [0.4, 0.5) is 5.69 Å². The molecule has 0 saturated carbocycles. The molecule has 0 aliphatic rings. The summed E-state index contributed by atoms with van der Waals surface area (Å²) in [5, 5.41) is 4.01. The van der Waals surface area contributed by atoms with Crippen molar-refractivity contribution in [3.63, 3.8) is 0 Å². The molecule has 0 radical (unpaired) electrons. The zero-order valence-electron chi connectivity index (χ0n) is 16.7. The summed E-state index contributed by atoms with van der Waals surface area (Å²) in [5.74, 6) is -0.922. The number of anilines is 1. The van der Waals surface area contributed by atoms with Gasteiger partial charge in [-0.1, -0.05) is 29.3 Å². The van der Waals surface area contributed by atoms with Crippen molar-refractivity contribution in [3.8, 4) is 5.75 Å². The van der Waals surface area contributed by atoms with E-state index in [1.165, 1.54) is 6.07 Å². The molecule has 156 valence electrons. The molecule has 2 aromatic carbocycles. The predicted octanol–water partition coefficient (Wildman–Crippen LogP) is 5.03. The van der Waals surface area contributed by atoms with Crippen LogP contribution in [0.25, 0.3) is 10.9 Å². The molecule has 0 bridgehead atoms. The molecule has 0 fully saturated rings. The van der Waals surface area contributed by atoms with Gasteiger partial charge in [0.05, 0.1) is 10.0 Å². The molecule has 1 amide bonds. The molecule has 0 spiro atoms. The summed E-state index contributed by atoms with van der Waals surface area (Å²) in [4.78, 5) is 28.5. The van der Waals surface area contributed by atoms with E-state index < -0.39 is 25.1 Å². The van der Waals surface area contributed by atoms with Crippen LogP contribution < -0.4 is 10.1 Å². The fourth-order valence-electron chi connectivity index (χ4n) is 2.99. The van der Waals surface area contributed by atoms with Gasteiger partial charge < -0.3 is 14.8 Å². The number of carbonyl (C=O) groups excluding carboxylic acids is 2. The molecule has 1 heterocycles. The molecule has 0 aliphatic carbocycles. The van der Waals surface area contributed by atoms with E-state index in [0.29, 0.717) is 21.6 Å². The summed E-state index contributed by atoms with van der Waals surface area (Å²) in [6.07, 6.45) is 0. The number of aryl methyl sites for hydroxylation is 3. The molecule has 0 saturated heterocycles. The number of ether oxygens (including phenoxy) is 2. The van der Waals surface area contributed by atoms with E-state index in [0.717, 1.165) is 16.8 Å². The third-order valence-electron chi connectivity index (χ3n) is 4.18. The molecule has 1 aromatic heterocycles. The first-order valence-electron chi connectivity index (χ1n) is 9.15. The number of hydrogen-bond donors (Lipinski definition) is 1. The van der Waals surface area contributed by atoms with Crippen LogP contribution in [-0.2, 0) is 14.3 Å². The highest BCUT2D eigenvalue weighted by Crippen LogP contribution is 2.37. The van der Waals surface area contributed by atoms with Crippen molar-refractivity contribution >= 4 is 51.7 Å². The maximum absolute atomic E-state index is 12.0. The third-order valence-corrected chi connectivity index (χ3v) is 4.77. The Hall–Kier alpha value is -2.83. The third kappa shape index (κ3) is 5.40. The van der Waals surface area contributed by atoms with E-state index in [1.54, 1.807) is 6.07 Å². The van der Waals surface area contributed by atoms with Gasteiger partial charge in [-0.05, 0) is 62.2 Å². The minimum absolute atomic E-state index is 0.228. The smallest absolute Gasteiger partial charge is 0.344 e. The highest BCUT2D eigenvalue weighted by Gasteiger charge is 2.16. The van der Waals surface area contributed by atoms with Crippen LogP contribution in [0.2, 0.25) is 10.0 Å². The number of nitrogens with zero attached hydrogens (tertiary/aromatic N) is 1. The minimum atomic E-state index is -0.711. The first kappa shape index (κ1) is 21.9. The van der Waals surface area contributed by atoms with Gasteiger partial charge in [0.2, 0.25) is 0 Å². The second kappa shape index (κ2) is 9.32. The van der Waals surface area contributed by atoms with Gasteiger partial charge in [-0.3, -0.25) is 4.79 Å². The molecule has 30 heavy (non-hydrogen) atoms. The van der Waals surface area contributed by atoms with Gasteiger partial charge in [-0.2, -0.15) is 0 Å². The Labute approximate surface area is 184 Å². The number of benzene rings is 2. The van der Waals surface area contributed by atoms with Gasteiger partial charge in [0.25, 0.3) is 5.91 Å². The SMILES string of the molecule is Cc1cc(C)cc(NC(=O)COC(=O)COc2c(Cl)cc(Cl)c3ccc(C)nc23)c1. The van der Waals surface area contributed by atoms with E-state index in [2.05, 4.69) is 10.3 Å². The van der Waals surface area contributed by atoms with Gasteiger partial charge in [0.1, 0.15) is 5.52 Å². The number of pyridine rings is 1. The molecule has 3 rings (SSSR count). The minimum Gasteiger partial charge on any atom is -0.478 e. The van der Waals surface area contributed by atoms with E-state index in [-0.39, 0.29) is 10.8 Å². The van der Waals surface area contributed by atoms with Crippen LogP contribution in [0.5, 0.6) is 5.75 Å². The number of carbonyl (C=O) groups is 2. The van der Waals surface area contributed by atoms with Crippen LogP contribution >= 0.6 is 23.2 Å². The van der Waals surface area contributed by atoms with Gasteiger partial charge in [0.15, 0.2) is 19.0 Å². The van der Waals surface area contributed by atoms with E-state index in [4.69, 9.17) is 32.7 Å². The number of halogens is 2. The van der Waals surface area contributed by atoms with Crippen molar-refractivity contribution in [2.24, 2.45) is 0 Å². The number of esters is 1. The van der Waals surface area contributed by atoms with E-state index in [9.17, 15) is 9.59 Å². The summed E-state index contributed by atoms with van der Waals surface area (Å²) in [7, 11) is 0. The lowest BCUT2D eigenvalue weighted by molar-refractivity contribution is -0.149. The topological polar surface area (TPSA) is 77.5 Å². The van der Waals surface area contributed by atoms with Gasteiger partial charge in [-0.25, -0.2) is 9.78 Å². The van der Waals surface area contributed by atoms with Crippen LogP contribution in [0, 0.1) is 20.8 Å². The molecule has 3 aromatic rings. The molecule has 0 unspecified atom stereocenters. The lowest BCUT2D eigenvalue weighted by Crippen LogP contribution is -2.23. The van der Waals surface area contributed by atoms with Crippen molar-refractivity contribution in [2.75, 3.05) is 18.5 Å². The summed E-state index contributed by atoms with van der Waals surface area (Å²) in [5.41, 5.74) is 3.88. The fraction of sp³-hybridized carbons (Fsp3) is 0.227. The Balaban J connectivity index is 1.60. The van der Waals surface area contributed by atoms with Crippen molar-refractivity contribution in [1.82, 2.24) is 4.98 Å². The van der Waals surface area contributed by atoms with Crippen LogP contribution in [-0.4, -0.2) is 30.1 Å².